The van der Waals surface area contributed by atoms with E-state index in [1.54, 1.807) is 29.1 Å². The predicted octanol–water partition coefficient (Wildman–Crippen LogP) is 2.24. The fourth-order valence-corrected chi connectivity index (χ4v) is 2.48. The van der Waals surface area contributed by atoms with E-state index in [4.69, 9.17) is 16.8 Å². The quantitative estimate of drug-likeness (QED) is 0.190. The van der Waals surface area contributed by atoms with E-state index in [2.05, 4.69) is 38.3 Å². The number of phosphoric acid groups is 1. The van der Waals surface area contributed by atoms with Crippen LogP contribution >= 0.6 is 19.7 Å². The monoisotopic (exact) mass is 408 g/mol. The highest BCUT2D eigenvalue weighted by Crippen LogP contribution is 2.49. The Bertz CT molecular complexity index is 802. The molecule has 12 nitrogen and oxygen atoms in total. The van der Waals surface area contributed by atoms with Crippen molar-refractivity contribution in [1.29, 1.82) is 0 Å². The molecule has 1 unspecified atom stereocenters. The lowest BCUT2D eigenvalue weighted by atomic mass is 10.4. The topological polar surface area (TPSA) is 122 Å². The number of aliphatic imine (C=N–C) groups is 1. The lowest BCUT2D eigenvalue weighted by Crippen LogP contribution is -2.16. The van der Waals surface area contributed by atoms with Gasteiger partial charge in [0.2, 0.25) is 0 Å². The maximum absolute atomic E-state index is 11.8. The molecule has 2 heterocycles. The average molecular weight is 409 g/mol. The van der Waals surface area contributed by atoms with Gasteiger partial charge in [0.05, 0.1) is 19.2 Å². The number of aromatic nitrogens is 4. The van der Waals surface area contributed by atoms with E-state index in [-0.39, 0.29) is 6.54 Å². The lowest BCUT2D eigenvalue weighted by molar-refractivity contribution is -0.276. The van der Waals surface area contributed by atoms with Gasteiger partial charge in [-0.2, -0.15) is 0 Å². The maximum Gasteiger partial charge on any atom is 0.530 e. The van der Waals surface area contributed by atoms with E-state index in [1.165, 1.54) is 6.33 Å². The number of hydrogen-bond acceptors (Lipinski definition) is 10. The number of hydrogen-bond donors (Lipinski definition) is 0. The van der Waals surface area contributed by atoms with Crippen LogP contribution in [0.5, 0.6) is 0 Å². The van der Waals surface area contributed by atoms with Crippen molar-refractivity contribution in [3.8, 4) is 0 Å². The summed E-state index contributed by atoms with van der Waals surface area (Å²) in [5, 5.41) is 0. The molecule has 0 bridgehead atoms. The van der Waals surface area contributed by atoms with Crippen LogP contribution in [0.2, 0.25) is 0 Å². The summed E-state index contributed by atoms with van der Waals surface area (Å²) in [5.41, 5.74) is 1.08. The van der Waals surface area contributed by atoms with Gasteiger partial charge in [-0.1, -0.05) is 0 Å². The molecule has 2 aromatic rings. The summed E-state index contributed by atoms with van der Waals surface area (Å²) in [6, 6.07) is 0. The Hall–Kier alpha value is -1.66. The molecule has 26 heavy (non-hydrogen) atoms. The van der Waals surface area contributed by atoms with Crippen LogP contribution in [0, 0.1) is 0 Å². The summed E-state index contributed by atoms with van der Waals surface area (Å²) in [6.45, 7) is 1.94. The molecule has 0 aromatic carbocycles. The first-order valence-electron chi connectivity index (χ1n) is 7.23. The Morgan fingerprint density at radius 1 is 1.38 bits per heavy atom. The molecule has 2 aromatic heterocycles. The van der Waals surface area contributed by atoms with Crippen molar-refractivity contribution < 1.29 is 27.8 Å². The van der Waals surface area contributed by atoms with Crippen LogP contribution in [0.4, 0.5) is 5.82 Å². The molecule has 0 spiro atoms. The van der Waals surface area contributed by atoms with Crippen molar-refractivity contribution in [2.24, 2.45) is 4.99 Å². The summed E-state index contributed by atoms with van der Waals surface area (Å²) >= 11 is 4.87. The van der Waals surface area contributed by atoms with Crippen molar-refractivity contribution in [3.05, 3.63) is 12.7 Å². The summed E-state index contributed by atoms with van der Waals surface area (Å²) in [4.78, 5) is 23.6. The van der Waals surface area contributed by atoms with E-state index in [0.717, 1.165) is 7.11 Å². The van der Waals surface area contributed by atoms with E-state index < -0.39 is 13.9 Å². The molecule has 0 saturated carbocycles. The SMILES string of the molecule is CO[P@@](=O)(OOCl)OOC(C)Cn1cnc2c(N=CN(C)C)ncnc21. The molecule has 0 N–H and O–H groups in total. The third kappa shape index (κ3) is 5.42. The normalized spacial score (nSPS) is 15.4. The second-order valence-corrected chi connectivity index (χ2v) is 6.91. The third-order valence-electron chi connectivity index (χ3n) is 2.89. The summed E-state index contributed by atoms with van der Waals surface area (Å²) < 4.78 is 30.6. The van der Waals surface area contributed by atoms with Crippen molar-refractivity contribution in [2.75, 3.05) is 21.2 Å². The van der Waals surface area contributed by atoms with Crippen LogP contribution in [0.3, 0.4) is 0 Å². The Morgan fingerprint density at radius 2 is 2.15 bits per heavy atom. The van der Waals surface area contributed by atoms with E-state index in [0.29, 0.717) is 17.0 Å². The standard InChI is InChI=1S/C12H18ClN6O6P/c1-9(22-24-26(20,21-4)25-23-13)5-19-8-16-10-11(17-7-18(2)3)14-6-15-12(10)19/h6-9H,5H2,1-4H3/t9?,26-/m1/s1. The van der Waals surface area contributed by atoms with E-state index in [9.17, 15) is 4.57 Å². The third-order valence-corrected chi connectivity index (χ3v) is 4.01. The number of nitrogens with zero attached hydrogens (tertiary/aromatic N) is 6. The Balaban J connectivity index is 2.09. The fourth-order valence-electron chi connectivity index (χ4n) is 1.81. The van der Waals surface area contributed by atoms with Crippen molar-refractivity contribution in [3.63, 3.8) is 0 Å². The predicted molar refractivity (Wildman–Crippen MR) is 91.4 cm³/mol. The van der Waals surface area contributed by atoms with Crippen LogP contribution in [-0.2, 0) is 34.3 Å². The highest BCUT2D eigenvalue weighted by atomic mass is 35.5. The van der Waals surface area contributed by atoms with Crippen LogP contribution in [0.25, 0.3) is 11.2 Å². The highest BCUT2D eigenvalue weighted by molar-refractivity contribution is 7.48. The fraction of sp³-hybridized carbons (Fsp3) is 0.500. The summed E-state index contributed by atoms with van der Waals surface area (Å²) in [6.07, 6.45) is 3.98. The van der Waals surface area contributed by atoms with Gasteiger partial charge in [-0.3, -0.25) is 4.52 Å². The van der Waals surface area contributed by atoms with Gasteiger partial charge in [0.25, 0.3) is 0 Å². The van der Waals surface area contributed by atoms with Gasteiger partial charge in [0.15, 0.2) is 17.0 Å². The van der Waals surface area contributed by atoms with Gasteiger partial charge in [0.1, 0.15) is 24.3 Å². The van der Waals surface area contributed by atoms with Gasteiger partial charge < -0.3 is 9.47 Å². The first kappa shape index (κ1) is 20.6. The molecule has 0 aliphatic carbocycles. The minimum atomic E-state index is -4.07. The van der Waals surface area contributed by atoms with E-state index in [1.807, 2.05) is 14.1 Å². The van der Waals surface area contributed by atoms with E-state index >= 15 is 0 Å². The zero-order chi connectivity index (χ0) is 19.2. The molecule has 2 atom stereocenters. The molecule has 2 rings (SSSR count). The highest BCUT2D eigenvalue weighted by Gasteiger charge is 2.30. The zero-order valence-electron chi connectivity index (χ0n) is 14.5. The second kappa shape index (κ2) is 9.33. The lowest BCUT2D eigenvalue weighted by Gasteiger charge is -2.15. The molecule has 0 aliphatic heterocycles. The molecule has 144 valence electrons. The number of imidazole rings is 1. The summed E-state index contributed by atoms with van der Waals surface area (Å²) in [5.74, 6) is 0.434. The zero-order valence-corrected chi connectivity index (χ0v) is 16.1. The van der Waals surface area contributed by atoms with Crippen LogP contribution < -0.4 is 0 Å². The Kier molecular flexibility index (Phi) is 7.41. The molecule has 0 radical (unpaired) electrons. The van der Waals surface area contributed by atoms with Gasteiger partial charge in [-0.05, 0) is 6.92 Å². The van der Waals surface area contributed by atoms with Crippen LogP contribution in [0.1, 0.15) is 6.92 Å². The van der Waals surface area contributed by atoms with Gasteiger partial charge in [-0.25, -0.2) is 29.4 Å². The Labute approximate surface area is 154 Å². The van der Waals surface area contributed by atoms with Gasteiger partial charge in [0, 0.05) is 21.2 Å². The van der Waals surface area contributed by atoms with Crippen molar-refractivity contribution >= 4 is 43.0 Å². The van der Waals surface area contributed by atoms with Gasteiger partial charge in [-0.15, -0.1) is 13.8 Å². The molecular formula is C12H18ClN6O6P. The first-order chi connectivity index (χ1) is 12.4. The molecular weight excluding hydrogens is 391 g/mol. The van der Waals surface area contributed by atoms with Gasteiger partial charge >= 0.3 is 7.82 Å². The molecule has 14 heteroatoms. The van der Waals surface area contributed by atoms with Crippen LogP contribution in [-0.4, -0.2) is 58.1 Å². The van der Waals surface area contributed by atoms with Crippen molar-refractivity contribution in [2.45, 2.75) is 19.6 Å². The first-order valence-corrected chi connectivity index (χ1v) is 8.99. The average Bonchev–Trinajstić information content (AvgIpc) is 3.02. The number of halogens is 1. The minimum absolute atomic E-state index is 0.274. The van der Waals surface area contributed by atoms with Crippen LogP contribution in [0.15, 0.2) is 17.6 Å². The molecule has 0 fully saturated rings. The molecule has 0 aliphatic rings. The van der Waals surface area contributed by atoms with Crippen molar-refractivity contribution in [1.82, 2.24) is 24.4 Å². The number of rotatable bonds is 10. The largest absolute Gasteiger partial charge is 0.530 e. The smallest absolute Gasteiger partial charge is 0.369 e. The molecule has 0 amide bonds. The minimum Gasteiger partial charge on any atom is -0.369 e. The second-order valence-electron chi connectivity index (χ2n) is 5.22. The Morgan fingerprint density at radius 3 is 2.81 bits per heavy atom. The maximum atomic E-state index is 11.8. The molecule has 0 saturated heterocycles. The number of fused-ring (bicyclic) bond motifs is 1. The summed E-state index contributed by atoms with van der Waals surface area (Å²) in [7, 11) is 0.704.